The number of methoxy groups -OCH3 is 1. The fourth-order valence-corrected chi connectivity index (χ4v) is 1.18. The van der Waals surface area contributed by atoms with Crippen molar-refractivity contribution in [2.24, 2.45) is 0 Å². The van der Waals surface area contributed by atoms with Crippen LogP contribution < -0.4 is 16.0 Å². The van der Waals surface area contributed by atoms with Crippen molar-refractivity contribution in [2.75, 3.05) is 34.9 Å². The van der Waals surface area contributed by atoms with Crippen LogP contribution in [0.1, 0.15) is 0 Å². The van der Waals surface area contributed by atoms with E-state index in [2.05, 4.69) is 16.0 Å². The minimum absolute atomic E-state index is 0.307. The minimum atomic E-state index is -0.973. The molecule has 1 heterocycles. The Morgan fingerprint density at radius 2 is 1.77 bits per heavy atom. The highest BCUT2D eigenvalue weighted by Crippen LogP contribution is 2.25. The average molecular weight is 191 g/mol. The van der Waals surface area contributed by atoms with Gasteiger partial charge in [-0.2, -0.15) is 0 Å². The van der Waals surface area contributed by atoms with Gasteiger partial charge in [0.25, 0.3) is 11.9 Å². The summed E-state index contributed by atoms with van der Waals surface area (Å²) in [5.41, 5.74) is 0. The number of ether oxygens (including phenoxy) is 3. The molecule has 1 unspecified atom stereocenters. The molecule has 13 heavy (non-hydrogen) atoms. The lowest BCUT2D eigenvalue weighted by molar-refractivity contribution is -0.287. The average Bonchev–Trinajstić information content (AvgIpc) is 2.59. The van der Waals surface area contributed by atoms with Crippen molar-refractivity contribution in [1.82, 2.24) is 16.0 Å². The molecule has 0 aliphatic carbocycles. The summed E-state index contributed by atoms with van der Waals surface area (Å²) in [5, 5.41) is 8.65. The van der Waals surface area contributed by atoms with Gasteiger partial charge in [0.1, 0.15) is 6.61 Å². The first-order valence-corrected chi connectivity index (χ1v) is 4.12. The van der Waals surface area contributed by atoms with Crippen LogP contribution in [-0.2, 0) is 14.2 Å². The van der Waals surface area contributed by atoms with Crippen molar-refractivity contribution in [3.63, 3.8) is 0 Å². The second-order valence-corrected chi connectivity index (χ2v) is 2.71. The van der Waals surface area contributed by atoms with Gasteiger partial charge in [0.15, 0.2) is 0 Å². The van der Waals surface area contributed by atoms with Crippen LogP contribution in [0.25, 0.3) is 0 Å². The summed E-state index contributed by atoms with van der Waals surface area (Å²) in [4.78, 5) is 0. The summed E-state index contributed by atoms with van der Waals surface area (Å²) >= 11 is 0. The van der Waals surface area contributed by atoms with E-state index < -0.39 is 11.9 Å². The molecule has 0 bridgehead atoms. The Balaban J connectivity index is 2.69. The fraction of sp³-hybridized carbons (Fsp3) is 1.00. The van der Waals surface area contributed by atoms with E-state index >= 15 is 0 Å². The molecule has 0 aromatic rings. The lowest BCUT2D eigenvalue weighted by Gasteiger charge is -2.29. The van der Waals surface area contributed by atoms with E-state index in [4.69, 9.17) is 14.2 Å². The van der Waals surface area contributed by atoms with Gasteiger partial charge in [-0.1, -0.05) is 0 Å². The van der Waals surface area contributed by atoms with Gasteiger partial charge in [0, 0.05) is 7.11 Å². The van der Waals surface area contributed by atoms with Crippen molar-refractivity contribution in [1.29, 1.82) is 0 Å². The number of likely N-dealkylation sites (N-methyl/N-ethyl adjacent to an activating group) is 1. The molecule has 1 rings (SSSR count). The van der Waals surface area contributed by atoms with E-state index in [1.54, 1.807) is 28.3 Å². The third-order valence-electron chi connectivity index (χ3n) is 2.14. The SMILES string of the molecule is CNC1(OC)COC(NC)(NC)O1. The van der Waals surface area contributed by atoms with Crippen LogP contribution in [0.4, 0.5) is 0 Å². The molecule has 0 radical (unpaired) electrons. The molecular weight excluding hydrogens is 174 g/mol. The number of hydrogen-bond acceptors (Lipinski definition) is 6. The third kappa shape index (κ3) is 1.83. The third-order valence-corrected chi connectivity index (χ3v) is 2.14. The van der Waals surface area contributed by atoms with Gasteiger partial charge in [-0.3, -0.25) is 20.7 Å². The molecule has 6 heteroatoms. The Hall–Kier alpha value is -0.240. The molecule has 78 valence electrons. The molecule has 0 spiro atoms. The van der Waals surface area contributed by atoms with E-state index in [-0.39, 0.29) is 0 Å². The van der Waals surface area contributed by atoms with E-state index in [1.807, 2.05) is 0 Å². The van der Waals surface area contributed by atoms with Crippen LogP contribution in [0.2, 0.25) is 0 Å². The van der Waals surface area contributed by atoms with Crippen LogP contribution in [-0.4, -0.2) is 46.8 Å². The first-order chi connectivity index (χ1) is 6.16. The van der Waals surface area contributed by atoms with Gasteiger partial charge < -0.3 is 9.47 Å². The highest BCUT2D eigenvalue weighted by atomic mass is 16.9. The summed E-state index contributed by atoms with van der Waals surface area (Å²) in [6.07, 6.45) is 0. The molecule has 1 fully saturated rings. The molecule has 0 saturated carbocycles. The number of rotatable bonds is 4. The topological polar surface area (TPSA) is 63.8 Å². The Bertz CT molecular complexity index is 150. The maximum atomic E-state index is 5.56. The van der Waals surface area contributed by atoms with Crippen molar-refractivity contribution in [3.8, 4) is 0 Å². The summed E-state index contributed by atoms with van der Waals surface area (Å²) in [6, 6.07) is -0.973. The second kappa shape index (κ2) is 3.87. The zero-order valence-corrected chi connectivity index (χ0v) is 8.43. The van der Waals surface area contributed by atoms with Gasteiger partial charge in [-0.25, -0.2) is 0 Å². The van der Waals surface area contributed by atoms with Gasteiger partial charge >= 0.3 is 0 Å². The van der Waals surface area contributed by atoms with Crippen molar-refractivity contribution < 1.29 is 14.2 Å². The summed E-state index contributed by atoms with van der Waals surface area (Å²) < 4.78 is 16.1. The minimum Gasteiger partial charge on any atom is -0.339 e. The molecule has 1 aliphatic heterocycles. The van der Waals surface area contributed by atoms with Gasteiger partial charge in [0.2, 0.25) is 0 Å². The fourth-order valence-electron chi connectivity index (χ4n) is 1.18. The molecule has 3 N–H and O–H groups in total. The summed E-state index contributed by atoms with van der Waals surface area (Å²) in [6.45, 7) is 0.307. The maximum Gasteiger partial charge on any atom is 0.295 e. The van der Waals surface area contributed by atoms with Crippen LogP contribution >= 0.6 is 0 Å². The Kier molecular flexibility index (Phi) is 3.23. The van der Waals surface area contributed by atoms with E-state index in [0.717, 1.165) is 0 Å². The molecule has 6 nitrogen and oxygen atoms in total. The standard InChI is InChI=1S/C7H17N3O3/c1-8-6(11-4)5-12-7(9-2,10-3)13-6/h8-10H,5H2,1-4H3. The molecule has 0 aromatic carbocycles. The van der Waals surface area contributed by atoms with Crippen molar-refractivity contribution in [2.45, 2.75) is 11.9 Å². The summed E-state index contributed by atoms with van der Waals surface area (Å²) in [5.74, 6) is -0.883. The number of nitrogens with one attached hydrogen (secondary N) is 3. The number of hydrogen-bond donors (Lipinski definition) is 3. The Morgan fingerprint density at radius 3 is 2.00 bits per heavy atom. The van der Waals surface area contributed by atoms with Crippen LogP contribution in [0.15, 0.2) is 0 Å². The monoisotopic (exact) mass is 191 g/mol. The first kappa shape index (κ1) is 10.8. The smallest absolute Gasteiger partial charge is 0.295 e. The molecular formula is C7H17N3O3. The lowest BCUT2D eigenvalue weighted by atomic mass is 10.5. The van der Waals surface area contributed by atoms with E-state index in [0.29, 0.717) is 6.61 Å². The molecule has 0 amide bonds. The van der Waals surface area contributed by atoms with Crippen LogP contribution in [0, 0.1) is 0 Å². The van der Waals surface area contributed by atoms with Crippen LogP contribution in [0.3, 0.4) is 0 Å². The largest absolute Gasteiger partial charge is 0.339 e. The molecule has 1 saturated heterocycles. The first-order valence-electron chi connectivity index (χ1n) is 4.12. The van der Waals surface area contributed by atoms with Crippen LogP contribution in [0.5, 0.6) is 0 Å². The second-order valence-electron chi connectivity index (χ2n) is 2.71. The lowest BCUT2D eigenvalue weighted by Crippen LogP contribution is -2.58. The highest BCUT2D eigenvalue weighted by Gasteiger charge is 2.49. The van der Waals surface area contributed by atoms with Crippen molar-refractivity contribution >= 4 is 0 Å². The Labute approximate surface area is 77.9 Å². The molecule has 1 atom stereocenters. The highest BCUT2D eigenvalue weighted by molar-refractivity contribution is 4.76. The zero-order valence-electron chi connectivity index (χ0n) is 8.43. The molecule has 0 aromatic heterocycles. The zero-order chi connectivity index (χ0) is 9.95. The maximum absolute atomic E-state index is 5.56. The Morgan fingerprint density at radius 1 is 1.15 bits per heavy atom. The summed E-state index contributed by atoms with van der Waals surface area (Å²) in [7, 11) is 6.77. The predicted molar refractivity (Wildman–Crippen MR) is 46.7 cm³/mol. The predicted octanol–water partition coefficient (Wildman–Crippen LogP) is -1.40. The van der Waals surface area contributed by atoms with Gasteiger partial charge in [-0.05, 0) is 21.1 Å². The normalized spacial score (nSPS) is 32.3. The van der Waals surface area contributed by atoms with E-state index in [1.165, 1.54) is 0 Å². The van der Waals surface area contributed by atoms with Crippen molar-refractivity contribution in [3.05, 3.63) is 0 Å². The quantitative estimate of drug-likeness (QED) is 0.475. The van der Waals surface area contributed by atoms with E-state index in [9.17, 15) is 0 Å². The van der Waals surface area contributed by atoms with Gasteiger partial charge in [-0.15, -0.1) is 0 Å². The van der Waals surface area contributed by atoms with Gasteiger partial charge in [0.05, 0.1) is 0 Å². The molecule has 1 aliphatic rings.